The van der Waals surface area contributed by atoms with Crippen molar-refractivity contribution < 1.29 is 19.0 Å². The number of aromatic amines is 1. The first-order valence-corrected chi connectivity index (χ1v) is 11.0. The van der Waals surface area contributed by atoms with Crippen molar-refractivity contribution in [3.8, 4) is 5.69 Å². The van der Waals surface area contributed by atoms with Crippen LogP contribution in [-0.4, -0.2) is 44.0 Å². The second-order valence-electron chi connectivity index (χ2n) is 8.86. The summed E-state index contributed by atoms with van der Waals surface area (Å²) in [5, 5.41) is 17.5. The van der Waals surface area contributed by atoms with Gasteiger partial charge in [-0.15, -0.1) is 0 Å². The van der Waals surface area contributed by atoms with E-state index in [0.29, 0.717) is 31.7 Å². The molecule has 1 aromatic carbocycles. The van der Waals surface area contributed by atoms with E-state index < -0.39 is 5.97 Å². The highest BCUT2D eigenvalue weighted by Crippen LogP contribution is 2.49. The van der Waals surface area contributed by atoms with Crippen LogP contribution in [0.4, 0.5) is 4.39 Å². The van der Waals surface area contributed by atoms with Gasteiger partial charge in [-0.05, 0) is 61.9 Å². The number of aromatic nitrogens is 4. The van der Waals surface area contributed by atoms with Crippen molar-refractivity contribution in [2.75, 3.05) is 13.2 Å². The molecule has 1 saturated heterocycles. The van der Waals surface area contributed by atoms with Crippen LogP contribution in [0.3, 0.4) is 0 Å². The zero-order chi connectivity index (χ0) is 21.8. The Labute approximate surface area is 183 Å². The Morgan fingerprint density at radius 2 is 1.91 bits per heavy atom. The van der Waals surface area contributed by atoms with E-state index in [1.807, 2.05) is 0 Å². The lowest BCUT2D eigenvalue weighted by Crippen LogP contribution is -2.30. The summed E-state index contributed by atoms with van der Waals surface area (Å²) in [7, 11) is 0. The topological polar surface area (TPSA) is 93.0 Å². The standard InChI is InChI=1S/C24H23FN4O3/c25-17-1-3-18(4-2-17)29-19-11-16-12-26-28-23(16)27-21(19)20(14-9-15(10-14)24(30)31)22(29)13-5-7-32-8-6-13/h1-4,11-15H,5-10H2,(H,30,31)(H,26,27,28). The molecule has 1 aliphatic heterocycles. The lowest BCUT2D eigenvalue weighted by atomic mass is 9.70. The fraction of sp³-hybridized carbons (Fsp3) is 0.375. The Bertz CT molecular complexity index is 1310. The number of ether oxygens (including phenoxy) is 1. The molecule has 2 N–H and O–H groups in total. The molecule has 0 spiro atoms. The number of carboxylic acids is 1. The maximum atomic E-state index is 13.7. The lowest BCUT2D eigenvalue weighted by Gasteiger charge is -2.35. The van der Waals surface area contributed by atoms with Crippen molar-refractivity contribution in [3.63, 3.8) is 0 Å². The summed E-state index contributed by atoms with van der Waals surface area (Å²) in [5.74, 6) is -0.941. The maximum absolute atomic E-state index is 13.7. The number of halogens is 1. The third kappa shape index (κ3) is 3.01. The predicted molar refractivity (Wildman–Crippen MR) is 117 cm³/mol. The van der Waals surface area contributed by atoms with Gasteiger partial charge in [0.25, 0.3) is 0 Å². The van der Waals surface area contributed by atoms with E-state index in [9.17, 15) is 14.3 Å². The quantitative estimate of drug-likeness (QED) is 0.493. The van der Waals surface area contributed by atoms with Crippen LogP contribution in [0.25, 0.3) is 27.8 Å². The average molecular weight is 434 g/mol. The van der Waals surface area contributed by atoms with Crippen LogP contribution >= 0.6 is 0 Å². The average Bonchev–Trinajstić information content (AvgIpc) is 3.34. The SMILES string of the molecule is O=C(O)C1CC(c2c(C3CCOCC3)n(-c3ccc(F)cc3)c3cc4cn[nH]c4nc23)C1. The molecule has 0 amide bonds. The normalized spacial score (nSPS) is 21.8. The van der Waals surface area contributed by atoms with Gasteiger partial charge in [-0.25, -0.2) is 9.37 Å². The molecular weight excluding hydrogens is 411 g/mol. The van der Waals surface area contributed by atoms with Gasteiger partial charge in [-0.2, -0.15) is 5.10 Å². The number of hydrogen-bond donors (Lipinski definition) is 2. The van der Waals surface area contributed by atoms with E-state index >= 15 is 0 Å². The number of nitrogens with one attached hydrogen (secondary N) is 1. The molecule has 32 heavy (non-hydrogen) atoms. The summed E-state index contributed by atoms with van der Waals surface area (Å²) < 4.78 is 21.6. The lowest BCUT2D eigenvalue weighted by molar-refractivity contribution is -0.145. The summed E-state index contributed by atoms with van der Waals surface area (Å²) in [4.78, 5) is 16.5. The number of aliphatic carboxylic acids is 1. The summed E-state index contributed by atoms with van der Waals surface area (Å²) in [5.41, 5.74) is 5.70. The second kappa shape index (κ2) is 7.41. The molecule has 2 aliphatic rings. The molecular formula is C24H23FN4O3. The number of carboxylic acid groups (broad SMARTS) is 1. The van der Waals surface area contributed by atoms with E-state index in [1.54, 1.807) is 18.3 Å². The molecule has 164 valence electrons. The van der Waals surface area contributed by atoms with Crippen molar-refractivity contribution in [1.82, 2.24) is 19.7 Å². The van der Waals surface area contributed by atoms with Gasteiger partial charge in [-0.1, -0.05) is 0 Å². The second-order valence-corrected chi connectivity index (χ2v) is 8.86. The van der Waals surface area contributed by atoms with Crippen LogP contribution in [0.5, 0.6) is 0 Å². The molecule has 8 heteroatoms. The molecule has 3 aromatic heterocycles. The van der Waals surface area contributed by atoms with Gasteiger partial charge in [0.15, 0.2) is 5.65 Å². The Hall–Kier alpha value is -3.26. The molecule has 6 rings (SSSR count). The van der Waals surface area contributed by atoms with E-state index in [2.05, 4.69) is 20.8 Å². The van der Waals surface area contributed by atoms with Gasteiger partial charge in [0.1, 0.15) is 5.82 Å². The fourth-order valence-corrected chi connectivity index (χ4v) is 5.31. The van der Waals surface area contributed by atoms with Crippen molar-refractivity contribution in [1.29, 1.82) is 0 Å². The summed E-state index contributed by atoms with van der Waals surface area (Å²) in [6.45, 7) is 1.38. The minimum Gasteiger partial charge on any atom is -0.481 e. The maximum Gasteiger partial charge on any atom is 0.306 e. The first kappa shape index (κ1) is 19.4. The Morgan fingerprint density at radius 1 is 1.16 bits per heavy atom. The minimum absolute atomic E-state index is 0.131. The fourth-order valence-electron chi connectivity index (χ4n) is 5.31. The summed E-state index contributed by atoms with van der Waals surface area (Å²) in [6, 6.07) is 8.61. The van der Waals surface area contributed by atoms with Crippen molar-refractivity contribution in [2.45, 2.75) is 37.5 Å². The molecule has 0 radical (unpaired) electrons. The van der Waals surface area contributed by atoms with Gasteiger partial charge < -0.3 is 14.4 Å². The van der Waals surface area contributed by atoms with Crippen molar-refractivity contribution in [2.24, 2.45) is 5.92 Å². The van der Waals surface area contributed by atoms with Crippen LogP contribution < -0.4 is 0 Å². The van der Waals surface area contributed by atoms with E-state index in [0.717, 1.165) is 46.2 Å². The van der Waals surface area contributed by atoms with Gasteiger partial charge >= 0.3 is 5.97 Å². The predicted octanol–water partition coefficient (Wildman–Crippen LogP) is 4.51. The molecule has 4 heterocycles. The highest BCUT2D eigenvalue weighted by molar-refractivity contribution is 5.94. The molecule has 1 aliphatic carbocycles. The third-order valence-electron chi connectivity index (χ3n) is 7.01. The zero-order valence-electron chi connectivity index (χ0n) is 17.4. The number of pyridine rings is 1. The molecule has 4 aromatic rings. The van der Waals surface area contributed by atoms with Crippen molar-refractivity contribution in [3.05, 3.63) is 53.6 Å². The number of fused-ring (bicyclic) bond motifs is 2. The Kier molecular flexibility index (Phi) is 4.50. The number of nitrogens with zero attached hydrogens (tertiary/aromatic N) is 3. The van der Waals surface area contributed by atoms with E-state index in [-0.39, 0.29) is 23.6 Å². The first-order chi connectivity index (χ1) is 15.6. The number of carbonyl (C=O) groups is 1. The Balaban J connectivity index is 1.63. The number of benzene rings is 1. The van der Waals surface area contributed by atoms with Gasteiger partial charge in [0, 0.05) is 41.5 Å². The van der Waals surface area contributed by atoms with Crippen LogP contribution in [0, 0.1) is 11.7 Å². The monoisotopic (exact) mass is 434 g/mol. The van der Waals surface area contributed by atoms with Crippen LogP contribution in [0.1, 0.15) is 48.8 Å². The smallest absolute Gasteiger partial charge is 0.306 e. The number of H-pyrrole nitrogens is 1. The first-order valence-electron chi connectivity index (χ1n) is 11.0. The van der Waals surface area contributed by atoms with Crippen molar-refractivity contribution >= 4 is 28.0 Å². The van der Waals surface area contributed by atoms with E-state index in [4.69, 9.17) is 9.72 Å². The third-order valence-corrected chi connectivity index (χ3v) is 7.01. The molecule has 2 fully saturated rings. The highest BCUT2D eigenvalue weighted by atomic mass is 19.1. The largest absolute Gasteiger partial charge is 0.481 e. The zero-order valence-corrected chi connectivity index (χ0v) is 17.4. The molecule has 0 unspecified atom stereocenters. The Morgan fingerprint density at radius 3 is 2.62 bits per heavy atom. The highest BCUT2D eigenvalue weighted by Gasteiger charge is 2.40. The van der Waals surface area contributed by atoms with Gasteiger partial charge in [0.2, 0.25) is 0 Å². The number of hydrogen-bond acceptors (Lipinski definition) is 4. The summed E-state index contributed by atoms with van der Waals surface area (Å²) >= 11 is 0. The molecule has 0 atom stereocenters. The number of rotatable bonds is 4. The van der Waals surface area contributed by atoms with E-state index in [1.165, 1.54) is 12.1 Å². The van der Waals surface area contributed by atoms with Crippen LogP contribution in [0.2, 0.25) is 0 Å². The van der Waals surface area contributed by atoms with Gasteiger partial charge in [-0.3, -0.25) is 9.89 Å². The molecule has 1 saturated carbocycles. The van der Waals surface area contributed by atoms with Gasteiger partial charge in [0.05, 0.1) is 23.1 Å². The molecule has 7 nitrogen and oxygen atoms in total. The van der Waals surface area contributed by atoms with Crippen LogP contribution in [-0.2, 0) is 9.53 Å². The minimum atomic E-state index is -0.736. The molecule has 0 bridgehead atoms. The van der Waals surface area contributed by atoms with Crippen LogP contribution in [0.15, 0.2) is 36.5 Å². The summed E-state index contributed by atoms with van der Waals surface area (Å²) in [6.07, 6.45) is 4.74.